The van der Waals surface area contributed by atoms with Gasteiger partial charge in [0, 0.05) is 31.4 Å². The van der Waals surface area contributed by atoms with Crippen LogP contribution in [0.15, 0.2) is 36.5 Å². The van der Waals surface area contributed by atoms with Crippen molar-refractivity contribution in [1.29, 1.82) is 0 Å². The lowest BCUT2D eigenvalue weighted by Crippen LogP contribution is -2.37. The number of amides is 1. The van der Waals surface area contributed by atoms with Crippen molar-refractivity contribution in [1.82, 2.24) is 15.2 Å². The molecule has 1 amide bonds. The molecule has 1 aromatic heterocycles. The number of nitrogens with one attached hydrogen (secondary N) is 1. The van der Waals surface area contributed by atoms with Crippen LogP contribution in [0.25, 0.3) is 0 Å². The zero-order valence-corrected chi connectivity index (χ0v) is 16.1. The molecule has 0 spiro atoms. The van der Waals surface area contributed by atoms with E-state index in [2.05, 4.69) is 10.3 Å². The summed E-state index contributed by atoms with van der Waals surface area (Å²) >= 11 is 0. The number of halogens is 1. The summed E-state index contributed by atoms with van der Waals surface area (Å²) in [4.78, 5) is 29.5. The molecule has 2 heterocycles. The van der Waals surface area contributed by atoms with Gasteiger partial charge in [0.15, 0.2) is 0 Å². The summed E-state index contributed by atoms with van der Waals surface area (Å²) in [6.45, 7) is 1.52. The number of aromatic nitrogens is 1. The van der Waals surface area contributed by atoms with Crippen LogP contribution >= 0.6 is 0 Å². The van der Waals surface area contributed by atoms with Crippen LogP contribution in [0.2, 0.25) is 0 Å². The fraction of sp³-hybridized carbons (Fsp3) is 0.381. The number of pyridine rings is 1. The molecule has 3 rings (SSSR count). The number of hydrogen-bond acceptors (Lipinski definition) is 5. The zero-order chi connectivity index (χ0) is 20.6. The van der Waals surface area contributed by atoms with Crippen molar-refractivity contribution < 1.29 is 23.8 Å². The average Bonchev–Trinajstić information content (AvgIpc) is 2.70. The third-order valence-corrected chi connectivity index (χ3v) is 4.68. The van der Waals surface area contributed by atoms with Crippen molar-refractivity contribution in [3.05, 3.63) is 59.2 Å². The first-order valence-electron chi connectivity index (χ1n) is 9.60. The Bertz CT molecular complexity index is 875. The highest BCUT2D eigenvalue weighted by molar-refractivity contribution is 5.88. The normalized spacial score (nSPS) is 16.4. The Labute approximate surface area is 168 Å². The molecule has 0 saturated carbocycles. The van der Waals surface area contributed by atoms with Gasteiger partial charge in [-0.25, -0.2) is 9.18 Å². The van der Waals surface area contributed by atoms with E-state index in [1.807, 2.05) is 0 Å². The molecular formula is C21H24FN3O4. The fourth-order valence-electron chi connectivity index (χ4n) is 3.18. The standard InChI is InChI=1S/C21H24FN3O4/c22-17-5-4-9-23-18(17)13-25-12-16-7-6-15(21(27)28)11-19(16)29-10-3-1-2-8-24-20(26)14-25/h4-7,9,11H,1-3,8,10,12-14H2,(H,24,26)(H,27,28). The molecule has 0 unspecified atom stereocenters. The molecule has 0 saturated heterocycles. The minimum absolute atomic E-state index is 0.0656. The van der Waals surface area contributed by atoms with Crippen LogP contribution < -0.4 is 10.1 Å². The maximum absolute atomic E-state index is 14.1. The summed E-state index contributed by atoms with van der Waals surface area (Å²) in [5, 5.41) is 12.2. The van der Waals surface area contributed by atoms with Crippen molar-refractivity contribution in [3.8, 4) is 5.75 Å². The van der Waals surface area contributed by atoms with Crippen LogP contribution in [-0.2, 0) is 17.9 Å². The molecule has 0 aliphatic carbocycles. The zero-order valence-electron chi connectivity index (χ0n) is 16.1. The third-order valence-electron chi connectivity index (χ3n) is 4.68. The van der Waals surface area contributed by atoms with Crippen molar-refractivity contribution in [2.45, 2.75) is 32.4 Å². The monoisotopic (exact) mass is 401 g/mol. The van der Waals surface area contributed by atoms with Gasteiger partial charge in [-0.15, -0.1) is 0 Å². The minimum atomic E-state index is -1.04. The summed E-state index contributed by atoms with van der Waals surface area (Å²) in [5.74, 6) is -1.15. The highest BCUT2D eigenvalue weighted by atomic mass is 19.1. The molecule has 1 aliphatic rings. The van der Waals surface area contributed by atoms with E-state index in [4.69, 9.17) is 4.74 Å². The summed E-state index contributed by atoms with van der Waals surface area (Å²) in [6, 6.07) is 7.53. The molecular weight excluding hydrogens is 377 g/mol. The second kappa shape index (κ2) is 9.97. The van der Waals surface area contributed by atoms with Crippen LogP contribution in [0.3, 0.4) is 0 Å². The Kier molecular flexibility index (Phi) is 7.13. The lowest BCUT2D eigenvalue weighted by atomic mass is 10.1. The van der Waals surface area contributed by atoms with Gasteiger partial charge in [0.25, 0.3) is 0 Å². The van der Waals surface area contributed by atoms with Crippen LogP contribution in [-0.4, -0.2) is 46.6 Å². The van der Waals surface area contributed by atoms with Gasteiger partial charge in [-0.1, -0.05) is 6.07 Å². The maximum Gasteiger partial charge on any atom is 0.335 e. The van der Waals surface area contributed by atoms with Crippen molar-refractivity contribution >= 4 is 11.9 Å². The number of carboxylic acids is 1. The van der Waals surface area contributed by atoms with Crippen LogP contribution in [0.4, 0.5) is 4.39 Å². The number of carboxylic acid groups (broad SMARTS) is 1. The molecule has 8 heteroatoms. The van der Waals surface area contributed by atoms with Crippen LogP contribution in [0, 0.1) is 5.82 Å². The Morgan fingerprint density at radius 3 is 2.90 bits per heavy atom. The van der Waals surface area contributed by atoms with Gasteiger partial charge in [0.1, 0.15) is 11.6 Å². The van der Waals surface area contributed by atoms with E-state index in [9.17, 15) is 19.1 Å². The van der Waals surface area contributed by atoms with Gasteiger partial charge in [-0.2, -0.15) is 0 Å². The lowest BCUT2D eigenvalue weighted by Gasteiger charge is -2.23. The van der Waals surface area contributed by atoms with E-state index in [1.54, 1.807) is 11.0 Å². The second-order valence-electron chi connectivity index (χ2n) is 6.96. The Morgan fingerprint density at radius 1 is 1.24 bits per heavy atom. The topological polar surface area (TPSA) is 91.8 Å². The number of nitrogens with zero attached hydrogens (tertiary/aromatic N) is 2. The Balaban J connectivity index is 1.89. The van der Waals surface area contributed by atoms with Gasteiger partial charge in [-0.3, -0.25) is 14.7 Å². The summed E-state index contributed by atoms with van der Waals surface area (Å²) in [5.41, 5.74) is 1.11. The number of fused-ring (bicyclic) bond motifs is 1. The molecule has 0 fully saturated rings. The number of carbonyl (C=O) groups excluding carboxylic acids is 1. The number of benzene rings is 1. The first-order chi connectivity index (χ1) is 14.0. The number of ether oxygens (including phenoxy) is 1. The molecule has 0 bridgehead atoms. The molecule has 0 radical (unpaired) electrons. The second-order valence-corrected chi connectivity index (χ2v) is 6.96. The van der Waals surface area contributed by atoms with E-state index in [-0.39, 0.29) is 30.3 Å². The highest BCUT2D eigenvalue weighted by Gasteiger charge is 2.18. The van der Waals surface area contributed by atoms with E-state index in [0.29, 0.717) is 25.4 Å². The summed E-state index contributed by atoms with van der Waals surface area (Å²) in [7, 11) is 0. The Hall–Kier alpha value is -3.00. The van der Waals surface area contributed by atoms with Gasteiger partial charge >= 0.3 is 5.97 Å². The minimum Gasteiger partial charge on any atom is -0.493 e. The van der Waals surface area contributed by atoms with Crippen molar-refractivity contribution in [2.75, 3.05) is 19.7 Å². The number of rotatable bonds is 3. The molecule has 2 aromatic rings. The van der Waals surface area contributed by atoms with Gasteiger partial charge < -0.3 is 15.2 Å². The molecule has 7 nitrogen and oxygen atoms in total. The maximum atomic E-state index is 14.1. The number of carbonyl (C=O) groups is 2. The molecule has 154 valence electrons. The Morgan fingerprint density at radius 2 is 2.10 bits per heavy atom. The highest BCUT2D eigenvalue weighted by Crippen LogP contribution is 2.24. The molecule has 2 N–H and O–H groups in total. The lowest BCUT2D eigenvalue weighted by molar-refractivity contribution is -0.122. The van der Waals surface area contributed by atoms with Crippen molar-refractivity contribution in [3.63, 3.8) is 0 Å². The van der Waals surface area contributed by atoms with Gasteiger partial charge in [-0.05, 0) is 43.5 Å². The van der Waals surface area contributed by atoms with Gasteiger partial charge in [0.05, 0.1) is 24.4 Å². The quantitative estimate of drug-likeness (QED) is 0.822. The number of hydrogen-bond donors (Lipinski definition) is 2. The smallest absolute Gasteiger partial charge is 0.335 e. The van der Waals surface area contributed by atoms with E-state index in [0.717, 1.165) is 24.8 Å². The summed E-state index contributed by atoms with van der Waals surface area (Å²) in [6.07, 6.45) is 4.02. The molecule has 0 atom stereocenters. The van der Waals surface area contributed by atoms with Crippen molar-refractivity contribution in [2.24, 2.45) is 0 Å². The molecule has 29 heavy (non-hydrogen) atoms. The van der Waals surface area contributed by atoms with Gasteiger partial charge in [0.2, 0.25) is 5.91 Å². The SMILES string of the molecule is O=C1CN(Cc2ncccc2F)Cc2ccc(C(=O)O)cc2OCCCCCN1. The first-order valence-corrected chi connectivity index (χ1v) is 9.60. The van der Waals surface area contributed by atoms with Crippen LogP contribution in [0.5, 0.6) is 5.75 Å². The number of aromatic carboxylic acids is 1. The predicted octanol–water partition coefficient (Wildman–Crippen LogP) is 2.60. The predicted molar refractivity (Wildman–Crippen MR) is 104 cm³/mol. The summed E-state index contributed by atoms with van der Waals surface area (Å²) < 4.78 is 20.0. The van der Waals surface area contributed by atoms with E-state index >= 15 is 0 Å². The largest absolute Gasteiger partial charge is 0.493 e. The molecule has 1 aromatic carbocycles. The first kappa shape index (κ1) is 20.7. The third kappa shape index (κ3) is 5.99. The van der Waals surface area contributed by atoms with E-state index in [1.165, 1.54) is 30.5 Å². The van der Waals surface area contributed by atoms with Crippen LogP contribution in [0.1, 0.15) is 40.9 Å². The fourth-order valence-corrected chi connectivity index (χ4v) is 3.18. The average molecular weight is 401 g/mol. The van der Waals surface area contributed by atoms with E-state index < -0.39 is 11.8 Å². The molecule has 1 aliphatic heterocycles.